The summed E-state index contributed by atoms with van der Waals surface area (Å²) in [5.41, 5.74) is -0.487. The lowest BCUT2D eigenvalue weighted by atomic mass is 10.0. The fraction of sp³-hybridized carbons (Fsp3) is 0.533. The van der Waals surface area contributed by atoms with Crippen LogP contribution in [-0.2, 0) is 16.0 Å². The van der Waals surface area contributed by atoms with Crippen molar-refractivity contribution >= 4 is 5.91 Å². The second kappa shape index (κ2) is 7.95. The topological polar surface area (TPSA) is 67.8 Å². The molecule has 1 amide bonds. The van der Waals surface area contributed by atoms with Gasteiger partial charge in [-0.25, -0.2) is 4.39 Å². The standard InChI is InChI=1S/C15H22FNO4/c1-15(19,6-7-20-2)10-17-14(18)9-11-4-5-13(21-3)12(16)8-11/h4-5,8,19H,6-7,9-10H2,1-3H3,(H,17,18). The third-order valence-corrected chi connectivity index (χ3v) is 3.09. The Hall–Kier alpha value is -1.66. The van der Waals surface area contributed by atoms with Gasteiger partial charge in [-0.1, -0.05) is 6.07 Å². The smallest absolute Gasteiger partial charge is 0.224 e. The van der Waals surface area contributed by atoms with E-state index in [-0.39, 0.29) is 24.6 Å². The minimum Gasteiger partial charge on any atom is -0.494 e. The Kier molecular flexibility index (Phi) is 6.58. The Morgan fingerprint density at radius 2 is 2.14 bits per heavy atom. The Bertz CT molecular complexity index is 477. The number of aliphatic hydroxyl groups is 1. The molecule has 0 saturated heterocycles. The van der Waals surface area contributed by atoms with E-state index in [9.17, 15) is 14.3 Å². The van der Waals surface area contributed by atoms with Gasteiger partial charge in [0.1, 0.15) is 0 Å². The first-order valence-electron chi connectivity index (χ1n) is 6.68. The molecule has 1 atom stereocenters. The van der Waals surface area contributed by atoms with Crippen LogP contribution in [0.25, 0.3) is 0 Å². The molecule has 0 aliphatic carbocycles. The third-order valence-electron chi connectivity index (χ3n) is 3.09. The SMILES string of the molecule is COCCC(C)(O)CNC(=O)Cc1ccc(OC)c(F)c1. The molecule has 1 rings (SSSR count). The van der Waals surface area contributed by atoms with E-state index in [2.05, 4.69) is 5.32 Å². The molecule has 21 heavy (non-hydrogen) atoms. The fourth-order valence-electron chi connectivity index (χ4n) is 1.77. The molecular weight excluding hydrogens is 277 g/mol. The minimum atomic E-state index is -1.03. The molecule has 0 aliphatic heterocycles. The van der Waals surface area contributed by atoms with Crippen LogP contribution in [0.2, 0.25) is 0 Å². The molecule has 0 fully saturated rings. The first-order chi connectivity index (χ1) is 9.88. The number of hydrogen-bond acceptors (Lipinski definition) is 4. The van der Waals surface area contributed by atoms with Gasteiger partial charge < -0.3 is 19.9 Å². The summed E-state index contributed by atoms with van der Waals surface area (Å²) in [5, 5.41) is 12.6. The average Bonchev–Trinajstić information content (AvgIpc) is 2.43. The summed E-state index contributed by atoms with van der Waals surface area (Å²) < 4.78 is 23.2. The average molecular weight is 299 g/mol. The van der Waals surface area contributed by atoms with Crippen LogP contribution in [0.3, 0.4) is 0 Å². The predicted octanol–water partition coefficient (Wildman–Crippen LogP) is 1.28. The van der Waals surface area contributed by atoms with Crippen LogP contribution in [0.1, 0.15) is 18.9 Å². The van der Waals surface area contributed by atoms with Crippen LogP contribution < -0.4 is 10.1 Å². The van der Waals surface area contributed by atoms with E-state index in [1.54, 1.807) is 20.1 Å². The molecule has 0 heterocycles. The molecule has 0 aliphatic rings. The zero-order chi connectivity index (χ0) is 15.9. The molecule has 0 radical (unpaired) electrons. The molecule has 1 aromatic rings. The first kappa shape index (κ1) is 17.4. The van der Waals surface area contributed by atoms with Crippen molar-refractivity contribution in [1.82, 2.24) is 5.32 Å². The second-order valence-corrected chi connectivity index (χ2v) is 5.16. The number of halogens is 1. The van der Waals surface area contributed by atoms with Crippen LogP contribution in [0.15, 0.2) is 18.2 Å². The highest BCUT2D eigenvalue weighted by molar-refractivity contribution is 5.78. The normalized spacial score (nSPS) is 13.6. The number of methoxy groups -OCH3 is 2. The highest BCUT2D eigenvalue weighted by Gasteiger charge is 2.20. The van der Waals surface area contributed by atoms with Crippen LogP contribution in [0, 0.1) is 5.82 Å². The molecule has 5 nitrogen and oxygen atoms in total. The van der Waals surface area contributed by atoms with Crippen molar-refractivity contribution in [2.75, 3.05) is 27.4 Å². The highest BCUT2D eigenvalue weighted by Crippen LogP contribution is 2.18. The second-order valence-electron chi connectivity index (χ2n) is 5.16. The summed E-state index contributed by atoms with van der Waals surface area (Å²) in [7, 11) is 2.93. The molecule has 2 N–H and O–H groups in total. The van der Waals surface area contributed by atoms with Crippen molar-refractivity contribution in [2.24, 2.45) is 0 Å². The molecule has 0 bridgehead atoms. The van der Waals surface area contributed by atoms with Gasteiger partial charge in [0.25, 0.3) is 0 Å². The minimum absolute atomic E-state index is 0.0429. The number of hydrogen-bond donors (Lipinski definition) is 2. The lowest BCUT2D eigenvalue weighted by Gasteiger charge is -2.23. The molecular formula is C15H22FNO4. The third kappa shape index (κ3) is 6.10. The molecule has 0 saturated carbocycles. The Labute approximate surface area is 124 Å². The van der Waals surface area contributed by atoms with Crippen molar-refractivity contribution in [3.63, 3.8) is 0 Å². The highest BCUT2D eigenvalue weighted by atomic mass is 19.1. The van der Waals surface area contributed by atoms with E-state index < -0.39 is 11.4 Å². The van der Waals surface area contributed by atoms with Crippen LogP contribution >= 0.6 is 0 Å². The van der Waals surface area contributed by atoms with E-state index >= 15 is 0 Å². The summed E-state index contributed by atoms with van der Waals surface area (Å²) in [4.78, 5) is 11.8. The Morgan fingerprint density at radius 3 is 2.71 bits per heavy atom. The van der Waals surface area contributed by atoms with E-state index in [0.29, 0.717) is 18.6 Å². The van der Waals surface area contributed by atoms with Crippen molar-refractivity contribution < 1.29 is 23.8 Å². The lowest BCUT2D eigenvalue weighted by molar-refractivity contribution is -0.121. The molecule has 1 unspecified atom stereocenters. The van der Waals surface area contributed by atoms with Crippen LogP contribution in [0.4, 0.5) is 4.39 Å². The van der Waals surface area contributed by atoms with E-state index in [0.717, 1.165) is 0 Å². The van der Waals surface area contributed by atoms with Gasteiger partial charge in [0.2, 0.25) is 5.91 Å². The van der Waals surface area contributed by atoms with Gasteiger partial charge in [0.15, 0.2) is 11.6 Å². The Morgan fingerprint density at radius 1 is 1.43 bits per heavy atom. The summed E-state index contributed by atoms with van der Waals surface area (Å²) >= 11 is 0. The summed E-state index contributed by atoms with van der Waals surface area (Å²) in [6.45, 7) is 2.15. The summed E-state index contributed by atoms with van der Waals surface area (Å²) in [6, 6.07) is 4.37. The molecule has 1 aromatic carbocycles. The molecule has 118 valence electrons. The number of ether oxygens (including phenoxy) is 2. The summed E-state index contributed by atoms with van der Waals surface area (Å²) in [5.74, 6) is -0.645. The lowest BCUT2D eigenvalue weighted by Crippen LogP contribution is -2.41. The maximum atomic E-state index is 13.5. The van der Waals surface area contributed by atoms with Crippen molar-refractivity contribution in [2.45, 2.75) is 25.4 Å². The largest absolute Gasteiger partial charge is 0.494 e. The number of rotatable bonds is 8. The molecule has 0 spiro atoms. The van der Waals surface area contributed by atoms with Gasteiger partial charge in [-0.2, -0.15) is 0 Å². The quantitative estimate of drug-likeness (QED) is 0.759. The van der Waals surface area contributed by atoms with Crippen LogP contribution in [0.5, 0.6) is 5.75 Å². The monoisotopic (exact) mass is 299 g/mol. The van der Waals surface area contributed by atoms with Gasteiger partial charge in [-0.3, -0.25) is 4.79 Å². The van der Waals surface area contributed by atoms with Gasteiger partial charge in [0, 0.05) is 26.7 Å². The number of carbonyl (C=O) groups excluding carboxylic acids is 1. The predicted molar refractivity (Wildman–Crippen MR) is 76.8 cm³/mol. The van der Waals surface area contributed by atoms with E-state index in [1.807, 2.05) is 0 Å². The van der Waals surface area contributed by atoms with Crippen molar-refractivity contribution in [3.05, 3.63) is 29.6 Å². The number of benzene rings is 1. The first-order valence-corrected chi connectivity index (χ1v) is 6.68. The Balaban J connectivity index is 2.48. The zero-order valence-corrected chi connectivity index (χ0v) is 12.6. The van der Waals surface area contributed by atoms with E-state index in [1.165, 1.54) is 19.2 Å². The number of amides is 1. The van der Waals surface area contributed by atoms with Gasteiger partial charge in [-0.05, 0) is 24.6 Å². The van der Waals surface area contributed by atoms with E-state index in [4.69, 9.17) is 9.47 Å². The molecule has 0 aromatic heterocycles. The zero-order valence-electron chi connectivity index (χ0n) is 12.6. The van der Waals surface area contributed by atoms with Crippen molar-refractivity contribution in [1.29, 1.82) is 0 Å². The van der Waals surface area contributed by atoms with Crippen LogP contribution in [-0.4, -0.2) is 44.0 Å². The van der Waals surface area contributed by atoms with Gasteiger partial charge in [0.05, 0.1) is 19.1 Å². The van der Waals surface area contributed by atoms with Gasteiger partial charge >= 0.3 is 0 Å². The number of nitrogens with one attached hydrogen (secondary N) is 1. The molecule has 6 heteroatoms. The van der Waals surface area contributed by atoms with Gasteiger partial charge in [-0.15, -0.1) is 0 Å². The maximum absolute atomic E-state index is 13.5. The summed E-state index contributed by atoms with van der Waals surface area (Å²) in [6.07, 6.45) is 0.461. The maximum Gasteiger partial charge on any atom is 0.224 e. The number of carbonyl (C=O) groups is 1. The fourth-order valence-corrected chi connectivity index (χ4v) is 1.77. The van der Waals surface area contributed by atoms with Crippen molar-refractivity contribution in [3.8, 4) is 5.75 Å².